The Morgan fingerprint density at radius 3 is 2.44 bits per heavy atom. The summed E-state index contributed by atoms with van der Waals surface area (Å²) in [5.74, 6) is 0.628. The van der Waals surface area contributed by atoms with Gasteiger partial charge in [-0.25, -0.2) is 8.42 Å². The van der Waals surface area contributed by atoms with Gasteiger partial charge < -0.3 is 5.11 Å². The summed E-state index contributed by atoms with van der Waals surface area (Å²) in [4.78, 5) is 0. The minimum atomic E-state index is -2.91. The van der Waals surface area contributed by atoms with E-state index in [9.17, 15) is 13.5 Å². The number of aliphatic hydroxyl groups is 1. The highest BCUT2D eigenvalue weighted by Gasteiger charge is 2.33. The van der Waals surface area contributed by atoms with Gasteiger partial charge in [-0.1, -0.05) is 26.2 Å². The molecule has 0 heterocycles. The Kier molecular flexibility index (Phi) is 4.80. The summed E-state index contributed by atoms with van der Waals surface area (Å²) in [6.45, 7) is 3.89. The number of aliphatic hydroxyl groups excluding tert-OH is 1. The smallest absolute Gasteiger partial charge is 0.150 e. The molecule has 0 saturated heterocycles. The Morgan fingerprint density at radius 2 is 2.00 bits per heavy atom. The molecular weight excluding hydrogens is 224 g/mol. The first kappa shape index (κ1) is 14.0. The van der Waals surface area contributed by atoms with Gasteiger partial charge in [-0.2, -0.15) is 0 Å². The largest absolute Gasteiger partial charge is 0.393 e. The van der Waals surface area contributed by atoms with E-state index in [1.807, 2.05) is 6.92 Å². The monoisotopic (exact) mass is 248 g/mol. The van der Waals surface area contributed by atoms with Crippen LogP contribution in [0.15, 0.2) is 0 Å². The first-order chi connectivity index (χ1) is 7.36. The average molecular weight is 248 g/mol. The van der Waals surface area contributed by atoms with Crippen LogP contribution in [0.5, 0.6) is 0 Å². The van der Waals surface area contributed by atoms with Crippen LogP contribution >= 0.6 is 0 Å². The fourth-order valence-corrected chi connectivity index (χ4v) is 4.22. The Bertz CT molecular complexity index is 308. The SMILES string of the molecule is CCC(C(C)O)C1CCCC(S(C)(=O)=O)C1. The molecule has 4 atom stereocenters. The molecule has 0 aromatic carbocycles. The van der Waals surface area contributed by atoms with Gasteiger partial charge in [0.2, 0.25) is 0 Å². The Morgan fingerprint density at radius 1 is 1.38 bits per heavy atom. The van der Waals surface area contributed by atoms with E-state index >= 15 is 0 Å². The summed E-state index contributed by atoms with van der Waals surface area (Å²) in [6, 6.07) is 0. The first-order valence-electron chi connectivity index (χ1n) is 6.23. The van der Waals surface area contributed by atoms with E-state index in [1.165, 1.54) is 6.26 Å². The van der Waals surface area contributed by atoms with Crippen molar-refractivity contribution in [2.24, 2.45) is 11.8 Å². The molecule has 1 fully saturated rings. The maximum atomic E-state index is 11.6. The van der Waals surface area contributed by atoms with Gasteiger partial charge in [0.15, 0.2) is 0 Å². The van der Waals surface area contributed by atoms with E-state index in [2.05, 4.69) is 6.92 Å². The van der Waals surface area contributed by atoms with Crippen molar-refractivity contribution in [2.75, 3.05) is 6.26 Å². The van der Waals surface area contributed by atoms with Crippen LogP contribution in [-0.4, -0.2) is 31.1 Å². The zero-order valence-corrected chi connectivity index (χ0v) is 11.3. The minimum Gasteiger partial charge on any atom is -0.393 e. The molecule has 16 heavy (non-hydrogen) atoms. The predicted molar refractivity (Wildman–Crippen MR) is 66.1 cm³/mol. The topological polar surface area (TPSA) is 54.4 Å². The van der Waals surface area contributed by atoms with Crippen LogP contribution in [0, 0.1) is 11.8 Å². The third-order valence-corrected chi connectivity index (χ3v) is 5.61. The van der Waals surface area contributed by atoms with Crippen LogP contribution in [0.3, 0.4) is 0 Å². The van der Waals surface area contributed by atoms with E-state index in [-0.39, 0.29) is 17.3 Å². The molecule has 4 unspecified atom stereocenters. The lowest BCUT2D eigenvalue weighted by Crippen LogP contribution is -2.34. The molecule has 1 aliphatic rings. The molecule has 0 spiro atoms. The summed E-state index contributed by atoms with van der Waals surface area (Å²) in [6.07, 6.45) is 5.52. The van der Waals surface area contributed by atoms with Crippen LogP contribution in [0.4, 0.5) is 0 Å². The maximum Gasteiger partial charge on any atom is 0.150 e. The van der Waals surface area contributed by atoms with Gasteiger partial charge in [0.1, 0.15) is 9.84 Å². The molecule has 1 aliphatic carbocycles. The van der Waals surface area contributed by atoms with Crippen molar-refractivity contribution < 1.29 is 13.5 Å². The van der Waals surface area contributed by atoms with Gasteiger partial charge in [0.05, 0.1) is 11.4 Å². The van der Waals surface area contributed by atoms with Gasteiger partial charge >= 0.3 is 0 Å². The Hall–Kier alpha value is -0.0900. The lowest BCUT2D eigenvalue weighted by atomic mass is 9.76. The normalized spacial score (nSPS) is 31.0. The van der Waals surface area contributed by atoms with Gasteiger partial charge in [-0.05, 0) is 31.6 Å². The third kappa shape index (κ3) is 3.45. The highest BCUT2D eigenvalue weighted by atomic mass is 32.2. The number of sulfone groups is 1. The summed E-state index contributed by atoms with van der Waals surface area (Å²) in [7, 11) is -2.91. The van der Waals surface area contributed by atoms with Gasteiger partial charge in [0, 0.05) is 6.26 Å². The van der Waals surface area contributed by atoms with Gasteiger partial charge in [-0.15, -0.1) is 0 Å². The van der Waals surface area contributed by atoms with Gasteiger partial charge in [0.25, 0.3) is 0 Å². The van der Waals surface area contributed by atoms with E-state index in [4.69, 9.17) is 0 Å². The van der Waals surface area contributed by atoms with Gasteiger partial charge in [-0.3, -0.25) is 0 Å². The summed E-state index contributed by atoms with van der Waals surface area (Å²) in [5.41, 5.74) is 0. The van der Waals surface area contributed by atoms with Crippen LogP contribution in [0.2, 0.25) is 0 Å². The van der Waals surface area contributed by atoms with Crippen molar-refractivity contribution in [1.82, 2.24) is 0 Å². The molecule has 0 aromatic rings. The quantitative estimate of drug-likeness (QED) is 0.828. The molecule has 4 heteroatoms. The van der Waals surface area contributed by atoms with Crippen molar-refractivity contribution in [2.45, 2.75) is 57.3 Å². The molecular formula is C12H24O3S. The fourth-order valence-electron chi connectivity index (χ4n) is 3.03. The van der Waals surface area contributed by atoms with Crippen LogP contribution < -0.4 is 0 Å². The molecule has 0 amide bonds. The Balaban J connectivity index is 2.70. The van der Waals surface area contributed by atoms with Crippen molar-refractivity contribution >= 4 is 9.84 Å². The van der Waals surface area contributed by atoms with E-state index < -0.39 is 9.84 Å². The van der Waals surface area contributed by atoms with Crippen molar-refractivity contribution in [1.29, 1.82) is 0 Å². The molecule has 0 bridgehead atoms. The molecule has 1 saturated carbocycles. The maximum absolute atomic E-state index is 11.6. The standard InChI is InChI=1S/C12H24O3S/c1-4-12(9(2)13)10-6-5-7-11(8-10)16(3,14)15/h9-13H,4-8H2,1-3H3. The number of hydrogen-bond acceptors (Lipinski definition) is 3. The average Bonchev–Trinajstić information content (AvgIpc) is 2.17. The lowest BCUT2D eigenvalue weighted by molar-refractivity contribution is 0.0702. The van der Waals surface area contributed by atoms with Crippen LogP contribution in [-0.2, 0) is 9.84 Å². The summed E-state index contributed by atoms with van der Waals surface area (Å²) in [5, 5.41) is 9.52. The second kappa shape index (κ2) is 5.50. The molecule has 1 rings (SSSR count). The zero-order chi connectivity index (χ0) is 12.3. The summed E-state index contributed by atoms with van der Waals surface area (Å²) >= 11 is 0. The second-order valence-electron chi connectivity index (χ2n) is 5.19. The van der Waals surface area contributed by atoms with Crippen molar-refractivity contribution in [3.8, 4) is 0 Å². The second-order valence-corrected chi connectivity index (χ2v) is 7.52. The van der Waals surface area contributed by atoms with Crippen molar-refractivity contribution in [3.05, 3.63) is 0 Å². The van der Waals surface area contributed by atoms with E-state index in [0.29, 0.717) is 5.92 Å². The van der Waals surface area contributed by atoms with Crippen LogP contribution in [0.25, 0.3) is 0 Å². The molecule has 0 aromatic heterocycles. The molecule has 3 nitrogen and oxygen atoms in total. The number of hydrogen-bond donors (Lipinski definition) is 1. The number of rotatable bonds is 4. The lowest BCUT2D eigenvalue weighted by Gasteiger charge is -2.34. The highest BCUT2D eigenvalue weighted by Crippen LogP contribution is 2.36. The highest BCUT2D eigenvalue weighted by molar-refractivity contribution is 7.91. The zero-order valence-electron chi connectivity index (χ0n) is 10.5. The molecule has 0 aliphatic heterocycles. The Labute approximate surface area is 99.2 Å². The molecule has 1 N–H and O–H groups in total. The minimum absolute atomic E-state index is 0.181. The fraction of sp³-hybridized carbons (Fsp3) is 1.00. The summed E-state index contributed by atoms with van der Waals surface area (Å²) < 4.78 is 23.1. The predicted octanol–water partition coefficient (Wildman–Crippen LogP) is 2.00. The first-order valence-corrected chi connectivity index (χ1v) is 8.18. The van der Waals surface area contributed by atoms with Crippen LogP contribution in [0.1, 0.15) is 46.0 Å². The van der Waals surface area contributed by atoms with E-state index in [0.717, 1.165) is 32.1 Å². The molecule has 0 radical (unpaired) electrons. The van der Waals surface area contributed by atoms with E-state index in [1.54, 1.807) is 0 Å². The van der Waals surface area contributed by atoms with Crippen molar-refractivity contribution in [3.63, 3.8) is 0 Å². The third-order valence-electron chi connectivity index (χ3n) is 3.97. The molecule has 96 valence electrons.